The van der Waals surface area contributed by atoms with Gasteiger partial charge in [-0.1, -0.05) is 12.1 Å². The smallest absolute Gasteiger partial charge is 0.220 e. The van der Waals surface area contributed by atoms with Crippen LogP contribution in [0.15, 0.2) is 18.2 Å². The number of hydrogen-bond acceptors (Lipinski definition) is 4. The quantitative estimate of drug-likeness (QED) is 0.537. The summed E-state index contributed by atoms with van der Waals surface area (Å²) in [7, 11) is 0. The number of nitrogens with one attached hydrogen (secondary N) is 1. The van der Waals surface area contributed by atoms with Crippen LogP contribution in [0, 0.1) is 0 Å². The molecular formula is C23H28N2O2S. The monoisotopic (exact) mass is 396 g/mol. The second-order valence-corrected chi connectivity index (χ2v) is 9.07. The lowest BCUT2D eigenvalue weighted by Crippen LogP contribution is -2.25. The molecule has 0 saturated heterocycles. The Labute approximate surface area is 170 Å². The Hall–Kier alpha value is -2.01. The molecule has 28 heavy (non-hydrogen) atoms. The number of hydrogen-bond donors (Lipinski definition) is 1. The van der Waals surface area contributed by atoms with E-state index in [1.165, 1.54) is 52.4 Å². The number of carbonyl (C=O) groups excluding carboxylic acids is 2. The summed E-state index contributed by atoms with van der Waals surface area (Å²) in [5, 5.41) is 4.15. The van der Waals surface area contributed by atoms with E-state index in [0.29, 0.717) is 6.54 Å². The number of fused-ring (bicyclic) bond motifs is 2. The first-order valence-electron chi connectivity index (χ1n) is 10.6. The Bertz CT molecular complexity index is 848. The molecule has 0 radical (unpaired) electrons. The molecule has 1 N–H and O–H groups in total. The van der Waals surface area contributed by atoms with Crippen molar-refractivity contribution in [3.63, 3.8) is 0 Å². The Balaban J connectivity index is 1.16. The number of aromatic nitrogens is 1. The fourth-order valence-electron chi connectivity index (χ4n) is 4.18. The molecule has 1 aromatic heterocycles. The van der Waals surface area contributed by atoms with E-state index in [4.69, 9.17) is 4.98 Å². The molecule has 0 saturated carbocycles. The van der Waals surface area contributed by atoms with Crippen LogP contribution in [0.25, 0.3) is 0 Å². The molecule has 4 rings (SSSR count). The van der Waals surface area contributed by atoms with Crippen LogP contribution in [0.1, 0.15) is 75.6 Å². The Morgan fingerprint density at radius 3 is 2.75 bits per heavy atom. The molecule has 1 aromatic carbocycles. The van der Waals surface area contributed by atoms with Gasteiger partial charge >= 0.3 is 0 Å². The van der Waals surface area contributed by atoms with Crippen molar-refractivity contribution in [1.82, 2.24) is 10.3 Å². The zero-order valence-corrected chi connectivity index (χ0v) is 17.2. The molecule has 0 spiro atoms. The number of thiazole rings is 1. The van der Waals surface area contributed by atoms with Crippen molar-refractivity contribution < 1.29 is 9.59 Å². The largest absolute Gasteiger partial charge is 0.356 e. The van der Waals surface area contributed by atoms with Crippen molar-refractivity contribution in [3.05, 3.63) is 50.5 Å². The van der Waals surface area contributed by atoms with E-state index >= 15 is 0 Å². The van der Waals surface area contributed by atoms with Crippen molar-refractivity contribution >= 4 is 23.0 Å². The molecule has 0 fully saturated rings. The molecule has 0 atom stereocenters. The van der Waals surface area contributed by atoms with Crippen molar-refractivity contribution in [3.8, 4) is 0 Å². The van der Waals surface area contributed by atoms with Crippen LogP contribution in [0.4, 0.5) is 0 Å². The van der Waals surface area contributed by atoms with Gasteiger partial charge in [0.1, 0.15) is 0 Å². The maximum atomic E-state index is 12.4. The van der Waals surface area contributed by atoms with Gasteiger partial charge in [-0.3, -0.25) is 9.59 Å². The van der Waals surface area contributed by atoms with E-state index in [9.17, 15) is 9.59 Å². The van der Waals surface area contributed by atoms with E-state index < -0.39 is 0 Å². The lowest BCUT2D eigenvalue weighted by atomic mass is 10.0. The Morgan fingerprint density at radius 2 is 1.86 bits per heavy atom. The molecular weight excluding hydrogens is 368 g/mol. The van der Waals surface area contributed by atoms with Crippen LogP contribution in [-0.4, -0.2) is 23.2 Å². The van der Waals surface area contributed by atoms with Crippen molar-refractivity contribution in [1.29, 1.82) is 0 Å². The summed E-state index contributed by atoms with van der Waals surface area (Å²) in [6, 6.07) is 6.01. The zero-order chi connectivity index (χ0) is 19.3. The summed E-state index contributed by atoms with van der Waals surface area (Å²) in [6.07, 6.45) is 10.6. The van der Waals surface area contributed by atoms with Crippen LogP contribution in [0.3, 0.4) is 0 Å². The molecule has 0 bridgehead atoms. The minimum absolute atomic E-state index is 0.0343. The predicted molar refractivity (Wildman–Crippen MR) is 112 cm³/mol. The summed E-state index contributed by atoms with van der Waals surface area (Å²) < 4.78 is 0. The summed E-state index contributed by atoms with van der Waals surface area (Å²) in [5.41, 5.74) is 4.73. The number of rotatable bonds is 8. The molecule has 0 unspecified atom stereocenters. The Kier molecular flexibility index (Phi) is 6.20. The first-order valence-corrected chi connectivity index (χ1v) is 11.4. The minimum Gasteiger partial charge on any atom is -0.356 e. The number of benzene rings is 1. The number of ketones is 1. The highest BCUT2D eigenvalue weighted by atomic mass is 32.1. The van der Waals surface area contributed by atoms with Gasteiger partial charge < -0.3 is 5.32 Å². The number of carbonyl (C=O) groups is 2. The van der Waals surface area contributed by atoms with E-state index in [1.807, 2.05) is 23.5 Å². The van der Waals surface area contributed by atoms with E-state index in [2.05, 4.69) is 11.4 Å². The maximum absolute atomic E-state index is 12.4. The highest BCUT2D eigenvalue weighted by Crippen LogP contribution is 2.27. The van der Waals surface area contributed by atoms with Crippen LogP contribution >= 0.6 is 11.3 Å². The van der Waals surface area contributed by atoms with Crippen LogP contribution in [-0.2, 0) is 36.9 Å². The lowest BCUT2D eigenvalue weighted by molar-refractivity contribution is -0.121. The average molecular weight is 397 g/mol. The number of amides is 1. The number of nitrogens with zero attached hydrogens (tertiary/aromatic N) is 1. The summed E-state index contributed by atoms with van der Waals surface area (Å²) in [6.45, 7) is 0.649. The molecule has 1 amide bonds. The van der Waals surface area contributed by atoms with Crippen LogP contribution < -0.4 is 5.32 Å². The normalized spacial score (nSPS) is 15.1. The summed E-state index contributed by atoms with van der Waals surface area (Å²) in [5.74, 6) is 0.0335. The van der Waals surface area contributed by atoms with Gasteiger partial charge in [-0.15, -0.1) is 11.3 Å². The molecule has 2 aliphatic rings. The molecule has 5 heteroatoms. The number of aryl methyl sites for hydroxylation is 5. The SMILES string of the molecule is O=C(CCC(=O)c1ccc2c(c1)CCC2)NCCCc1nc2c(s1)CCCC2. The van der Waals surface area contributed by atoms with Gasteiger partial charge in [0.25, 0.3) is 0 Å². The molecule has 4 nitrogen and oxygen atoms in total. The van der Waals surface area contributed by atoms with Crippen LogP contribution in [0.5, 0.6) is 0 Å². The van der Waals surface area contributed by atoms with Gasteiger partial charge in [0.2, 0.25) is 5.91 Å². The van der Waals surface area contributed by atoms with Gasteiger partial charge in [-0.25, -0.2) is 4.98 Å². The first-order chi connectivity index (χ1) is 13.7. The lowest BCUT2D eigenvalue weighted by Gasteiger charge is -2.06. The highest BCUT2D eigenvalue weighted by molar-refractivity contribution is 7.11. The maximum Gasteiger partial charge on any atom is 0.220 e. The Morgan fingerprint density at radius 1 is 1.00 bits per heavy atom. The van der Waals surface area contributed by atoms with Gasteiger partial charge in [-0.2, -0.15) is 0 Å². The summed E-state index contributed by atoms with van der Waals surface area (Å²) >= 11 is 1.85. The predicted octanol–water partition coefficient (Wildman–Crippen LogP) is 4.22. The fourth-order valence-corrected chi connectivity index (χ4v) is 5.38. The van der Waals surface area contributed by atoms with Gasteiger partial charge in [0, 0.05) is 36.2 Å². The molecule has 148 valence electrons. The van der Waals surface area contributed by atoms with Gasteiger partial charge in [-0.05, 0) is 68.6 Å². The van der Waals surface area contributed by atoms with Gasteiger partial charge in [0.15, 0.2) is 5.78 Å². The first kappa shape index (κ1) is 19.3. The minimum atomic E-state index is -0.0343. The van der Waals surface area contributed by atoms with E-state index in [-0.39, 0.29) is 24.5 Å². The van der Waals surface area contributed by atoms with Crippen molar-refractivity contribution in [2.24, 2.45) is 0 Å². The second kappa shape index (κ2) is 8.99. The van der Waals surface area contributed by atoms with Crippen LogP contribution in [0.2, 0.25) is 0 Å². The topological polar surface area (TPSA) is 59.1 Å². The molecule has 0 aliphatic heterocycles. The molecule has 2 aromatic rings. The molecule has 1 heterocycles. The summed E-state index contributed by atoms with van der Waals surface area (Å²) in [4.78, 5) is 30.6. The average Bonchev–Trinajstić information content (AvgIpc) is 3.34. The van der Waals surface area contributed by atoms with Crippen molar-refractivity contribution in [2.45, 2.75) is 70.6 Å². The number of Topliss-reactive ketones (excluding diaryl/α,β-unsaturated/α-hetero) is 1. The van der Waals surface area contributed by atoms with Gasteiger partial charge in [0.05, 0.1) is 10.7 Å². The standard InChI is InChI=1S/C23H28N2O2S/c26-20(18-11-10-16-5-3-6-17(16)15-18)12-13-22(27)24-14-4-9-23-25-19-7-1-2-8-21(19)28-23/h10-11,15H,1-9,12-14H2,(H,24,27). The van der Waals surface area contributed by atoms with Crippen molar-refractivity contribution in [2.75, 3.05) is 6.54 Å². The fraction of sp³-hybridized carbons (Fsp3) is 0.522. The van der Waals surface area contributed by atoms with E-state index in [1.54, 1.807) is 0 Å². The third-order valence-electron chi connectivity index (χ3n) is 5.78. The highest BCUT2D eigenvalue weighted by Gasteiger charge is 2.16. The molecule has 2 aliphatic carbocycles. The second-order valence-electron chi connectivity index (χ2n) is 7.90. The third kappa shape index (κ3) is 4.69. The third-order valence-corrected chi connectivity index (χ3v) is 7.00. The van der Waals surface area contributed by atoms with E-state index in [0.717, 1.165) is 37.7 Å². The zero-order valence-electron chi connectivity index (χ0n) is 16.4.